The molecule has 0 saturated carbocycles. The Bertz CT molecular complexity index is 961. The third kappa shape index (κ3) is 2.23. The number of hydrogen-bond acceptors (Lipinski definition) is 4. The minimum atomic E-state index is 0.865. The van der Waals surface area contributed by atoms with E-state index in [1.54, 1.807) is 11.8 Å². The summed E-state index contributed by atoms with van der Waals surface area (Å²) in [6, 6.07) is 16.1. The highest BCUT2D eigenvalue weighted by atomic mass is 32.2. The number of imidazole rings is 1. The van der Waals surface area contributed by atoms with Gasteiger partial charge >= 0.3 is 0 Å². The summed E-state index contributed by atoms with van der Waals surface area (Å²) in [5.41, 5.74) is 3.99. The van der Waals surface area contributed by atoms with Gasteiger partial charge in [-0.3, -0.25) is 4.98 Å². The molecule has 0 aliphatic carbocycles. The van der Waals surface area contributed by atoms with Gasteiger partial charge in [0.05, 0.1) is 28.3 Å². The Morgan fingerprint density at radius 1 is 0.909 bits per heavy atom. The molecule has 4 aromatic rings. The van der Waals surface area contributed by atoms with Gasteiger partial charge in [-0.15, -0.1) is 0 Å². The molecule has 4 nitrogen and oxygen atoms in total. The summed E-state index contributed by atoms with van der Waals surface area (Å²) in [6.45, 7) is 3.01. The van der Waals surface area contributed by atoms with Crippen LogP contribution in [0.1, 0.15) is 6.92 Å². The Morgan fingerprint density at radius 2 is 1.64 bits per heavy atom. The van der Waals surface area contributed by atoms with Gasteiger partial charge in [-0.2, -0.15) is 0 Å². The molecule has 0 bridgehead atoms. The zero-order chi connectivity index (χ0) is 14.9. The molecule has 2 aromatic carbocycles. The van der Waals surface area contributed by atoms with Crippen LogP contribution in [0.4, 0.5) is 0 Å². The number of hydrogen-bond donors (Lipinski definition) is 0. The van der Waals surface area contributed by atoms with Crippen molar-refractivity contribution >= 4 is 33.8 Å². The lowest BCUT2D eigenvalue weighted by molar-refractivity contribution is 0.702. The molecule has 22 heavy (non-hydrogen) atoms. The fourth-order valence-electron chi connectivity index (χ4n) is 2.52. The fraction of sp³-hybridized carbons (Fsp3) is 0.118. The fourth-order valence-corrected chi connectivity index (χ4v) is 3.44. The molecule has 0 atom stereocenters. The van der Waals surface area contributed by atoms with Crippen LogP contribution >= 0.6 is 11.8 Å². The second kappa shape index (κ2) is 5.42. The molecule has 0 aliphatic heterocycles. The third-order valence-corrected chi connectivity index (χ3v) is 4.46. The largest absolute Gasteiger partial charge is 0.319 e. The van der Waals surface area contributed by atoms with Gasteiger partial charge in [0.2, 0.25) is 0 Å². The third-order valence-electron chi connectivity index (χ3n) is 3.56. The van der Waals surface area contributed by atoms with Crippen molar-refractivity contribution in [2.24, 2.45) is 0 Å². The number of para-hydroxylation sites is 4. The van der Waals surface area contributed by atoms with E-state index < -0.39 is 0 Å². The topological polar surface area (TPSA) is 43.6 Å². The van der Waals surface area contributed by atoms with Crippen molar-refractivity contribution in [3.8, 4) is 0 Å². The zero-order valence-corrected chi connectivity index (χ0v) is 12.9. The monoisotopic (exact) mass is 306 g/mol. The lowest BCUT2D eigenvalue weighted by Gasteiger charge is -2.05. The quantitative estimate of drug-likeness (QED) is 0.570. The van der Waals surface area contributed by atoms with Crippen molar-refractivity contribution in [2.75, 3.05) is 0 Å². The molecular weight excluding hydrogens is 292 g/mol. The van der Waals surface area contributed by atoms with Crippen molar-refractivity contribution in [1.82, 2.24) is 19.5 Å². The zero-order valence-electron chi connectivity index (χ0n) is 12.1. The molecule has 2 aromatic heterocycles. The SMILES string of the molecule is CCn1c(Sc2cnc3ccccc3n2)nc2ccccc21. The van der Waals surface area contributed by atoms with Crippen molar-refractivity contribution < 1.29 is 0 Å². The predicted octanol–water partition coefficient (Wildman–Crippen LogP) is 4.15. The van der Waals surface area contributed by atoms with Gasteiger partial charge in [-0.05, 0) is 43.0 Å². The molecule has 0 unspecified atom stereocenters. The average molecular weight is 306 g/mol. The highest BCUT2D eigenvalue weighted by Crippen LogP contribution is 2.29. The number of fused-ring (bicyclic) bond motifs is 2. The van der Waals surface area contributed by atoms with Crippen LogP contribution in [0.25, 0.3) is 22.1 Å². The second-order valence-electron chi connectivity index (χ2n) is 4.93. The number of aryl methyl sites for hydroxylation is 1. The van der Waals surface area contributed by atoms with Crippen LogP contribution in [0.2, 0.25) is 0 Å². The lowest BCUT2D eigenvalue weighted by Crippen LogP contribution is -1.96. The van der Waals surface area contributed by atoms with Crippen LogP contribution in [0.5, 0.6) is 0 Å². The molecule has 0 amide bonds. The molecule has 2 heterocycles. The summed E-state index contributed by atoms with van der Waals surface area (Å²) in [6.07, 6.45) is 1.81. The molecule has 4 rings (SSSR count). The van der Waals surface area contributed by atoms with E-state index in [4.69, 9.17) is 4.98 Å². The summed E-state index contributed by atoms with van der Waals surface area (Å²) in [7, 11) is 0. The highest BCUT2D eigenvalue weighted by Gasteiger charge is 2.11. The lowest BCUT2D eigenvalue weighted by atomic mass is 10.3. The molecule has 5 heteroatoms. The Kier molecular flexibility index (Phi) is 3.27. The van der Waals surface area contributed by atoms with Crippen LogP contribution in [0, 0.1) is 0 Å². The van der Waals surface area contributed by atoms with E-state index in [1.165, 1.54) is 0 Å². The Morgan fingerprint density at radius 3 is 2.45 bits per heavy atom. The first kappa shape index (κ1) is 13.3. The Hall–Kier alpha value is -2.40. The van der Waals surface area contributed by atoms with Gasteiger partial charge in [0.25, 0.3) is 0 Å². The van der Waals surface area contributed by atoms with Gasteiger partial charge in [-0.25, -0.2) is 9.97 Å². The molecule has 0 fully saturated rings. The first-order chi connectivity index (χ1) is 10.8. The molecule has 0 aliphatic rings. The van der Waals surface area contributed by atoms with Crippen molar-refractivity contribution in [3.63, 3.8) is 0 Å². The maximum Gasteiger partial charge on any atom is 0.175 e. The predicted molar refractivity (Wildman–Crippen MR) is 89.1 cm³/mol. The first-order valence-electron chi connectivity index (χ1n) is 7.20. The van der Waals surface area contributed by atoms with Gasteiger partial charge in [-0.1, -0.05) is 24.3 Å². The molecule has 0 saturated heterocycles. The second-order valence-corrected chi connectivity index (χ2v) is 5.91. The first-order valence-corrected chi connectivity index (χ1v) is 8.01. The van der Waals surface area contributed by atoms with Gasteiger partial charge in [0.15, 0.2) is 5.16 Å². The van der Waals surface area contributed by atoms with E-state index in [1.807, 2.05) is 48.7 Å². The van der Waals surface area contributed by atoms with Crippen LogP contribution in [0.15, 0.2) is 64.9 Å². The molecule has 108 valence electrons. The van der Waals surface area contributed by atoms with Gasteiger partial charge < -0.3 is 4.57 Å². The summed E-state index contributed by atoms with van der Waals surface area (Å²) in [4.78, 5) is 13.8. The van der Waals surface area contributed by atoms with Gasteiger partial charge in [0.1, 0.15) is 5.03 Å². The molecular formula is C17H14N4S. The summed E-state index contributed by atoms with van der Waals surface area (Å²) in [5, 5.41) is 1.82. The number of rotatable bonds is 3. The maximum absolute atomic E-state index is 4.72. The number of benzene rings is 2. The van der Waals surface area contributed by atoms with E-state index >= 15 is 0 Å². The number of nitrogens with zero attached hydrogens (tertiary/aromatic N) is 4. The van der Waals surface area contributed by atoms with E-state index in [2.05, 4.69) is 27.5 Å². The molecule has 0 N–H and O–H groups in total. The average Bonchev–Trinajstić information content (AvgIpc) is 2.91. The Labute approximate surface area is 132 Å². The maximum atomic E-state index is 4.72. The van der Waals surface area contributed by atoms with Crippen LogP contribution in [-0.2, 0) is 6.54 Å². The highest BCUT2D eigenvalue weighted by molar-refractivity contribution is 7.99. The van der Waals surface area contributed by atoms with E-state index in [9.17, 15) is 0 Å². The van der Waals surface area contributed by atoms with Crippen LogP contribution < -0.4 is 0 Å². The Balaban J connectivity index is 1.78. The smallest absolute Gasteiger partial charge is 0.175 e. The van der Waals surface area contributed by atoms with E-state index in [-0.39, 0.29) is 0 Å². The summed E-state index contributed by atoms with van der Waals surface area (Å²) >= 11 is 1.56. The van der Waals surface area contributed by atoms with Crippen molar-refractivity contribution in [3.05, 3.63) is 54.7 Å². The van der Waals surface area contributed by atoms with E-state index in [0.717, 1.165) is 38.8 Å². The minimum absolute atomic E-state index is 0.865. The van der Waals surface area contributed by atoms with Crippen LogP contribution in [0.3, 0.4) is 0 Å². The summed E-state index contributed by atoms with van der Waals surface area (Å²) < 4.78 is 2.21. The van der Waals surface area contributed by atoms with Crippen molar-refractivity contribution in [2.45, 2.75) is 23.7 Å². The van der Waals surface area contributed by atoms with Gasteiger partial charge in [0, 0.05) is 6.54 Å². The standard InChI is InChI=1S/C17H14N4S/c1-2-21-15-10-6-5-9-14(15)20-17(21)22-16-11-18-12-7-3-4-8-13(12)19-16/h3-11H,2H2,1H3. The van der Waals surface area contributed by atoms with Crippen LogP contribution in [-0.4, -0.2) is 19.5 Å². The molecule has 0 radical (unpaired) electrons. The summed E-state index contributed by atoms with van der Waals surface area (Å²) in [5.74, 6) is 0. The van der Waals surface area contributed by atoms with E-state index in [0.29, 0.717) is 0 Å². The van der Waals surface area contributed by atoms with Crippen molar-refractivity contribution in [1.29, 1.82) is 0 Å². The number of aromatic nitrogens is 4. The minimum Gasteiger partial charge on any atom is -0.319 e. The normalized spacial score (nSPS) is 11.3. The molecule has 0 spiro atoms.